The van der Waals surface area contributed by atoms with Crippen molar-refractivity contribution in [2.24, 2.45) is 0 Å². The topological polar surface area (TPSA) is 78.0 Å². The van der Waals surface area contributed by atoms with Crippen LogP contribution in [0.25, 0.3) is 11.0 Å². The zero-order valence-corrected chi connectivity index (χ0v) is 10.3. The van der Waals surface area contributed by atoms with Crippen LogP contribution in [0.4, 0.5) is 0 Å². The maximum absolute atomic E-state index is 10.5. The fourth-order valence-electron chi connectivity index (χ4n) is 2.11. The van der Waals surface area contributed by atoms with Crippen molar-refractivity contribution < 1.29 is 9.90 Å². The third kappa shape index (κ3) is 2.87. The van der Waals surface area contributed by atoms with E-state index in [0.29, 0.717) is 6.42 Å². The summed E-state index contributed by atoms with van der Waals surface area (Å²) < 4.78 is 0. The highest BCUT2D eigenvalue weighted by atomic mass is 16.4. The highest BCUT2D eigenvalue weighted by Crippen LogP contribution is 2.22. The predicted molar refractivity (Wildman–Crippen MR) is 69.4 cm³/mol. The first-order valence-corrected chi connectivity index (χ1v) is 6.03. The molecule has 1 heterocycles. The van der Waals surface area contributed by atoms with E-state index in [4.69, 9.17) is 5.11 Å². The third-order valence-electron chi connectivity index (χ3n) is 3.08. The Morgan fingerprint density at radius 1 is 1.56 bits per heavy atom. The summed E-state index contributed by atoms with van der Waals surface area (Å²) >= 11 is 0. The maximum Gasteiger partial charge on any atom is 0.303 e. The van der Waals surface area contributed by atoms with E-state index in [1.807, 2.05) is 19.2 Å². The van der Waals surface area contributed by atoms with Crippen molar-refractivity contribution in [3.8, 4) is 0 Å². The Hall–Kier alpha value is -1.88. The van der Waals surface area contributed by atoms with Crippen LogP contribution in [0.5, 0.6) is 0 Å². The highest BCUT2D eigenvalue weighted by molar-refractivity contribution is 5.75. The van der Waals surface area contributed by atoms with Crippen LogP contribution in [-0.4, -0.2) is 28.1 Å². The number of benzene rings is 1. The Kier molecular flexibility index (Phi) is 3.94. The van der Waals surface area contributed by atoms with E-state index in [0.717, 1.165) is 23.0 Å². The second kappa shape index (κ2) is 5.64. The Morgan fingerprint density at radius 2 is 2.39 bits per heavy atom. The average Bonchev–Trinajstić information content (AvgIpc) is 2.81. The number of aromatic nitrogens is 2. The fraction of sp³-hybridized carbons (Fsp3) is 0.385. The van der Waals surface area contributed by atoms with Gasteiger partial charge < -0.3 is 15.4 Å². The zero-order chi connectivity index (χ0) is 13.0. The molecule has 18 heavy (non-hydrogen) atoms. The molecule has 0 aliphatic heterocycles. The summed E-state index contributed by atoms with van der Waals surface area (Å²) in [4.78, 5) is 17.8. The summed E-state index contributed by atoms with van der Waals surface area (Å²) in [5.41, 5.74) is 3.10. The van der Waals surface area contributed by atoms with Gasteiger partial charge in [-0.3, -0.25) is 4.79 Å². The van der Waals surface area contributed by atoms with E-state index >= 15 is 0 Å². The van der Waals surface area contributed by atoms with Gasteiger partial charge in [0.25, 0.3) is 0 Å². The summed E-state index contributed by atoms with van der Waals surface area (Å²) in [6.07, 6.45) is 3.36. The van der Waals surface area contributed by atoms with Crippen LogP contribution in [0.2, 0.25) is 0 Å². The number of hydrogen-bond donors (Lipinski definition) is 3. The molecule has 1 unspecified atom stereocenters. The molecule has 1 atom stereocenters. The lowest BCUT2D eigenvalue weighted by atomic mass is 10.0. The minimum Gasteiger partial charge on any atom is -0.481 e. The molecule has 0 radical (unpaired) electrons. The molecule has 96 valence electrons. The molecule has 5 heteroatoms. The van der Waals surface area contributed by atoms with Crippen LogP contribution in [-0.2, 0) is 4.79 Å². The summed E-state index contributed by atoms with van der Waals surface area (Å²) in [5.74, 6) is -0.742. The smallest absolute Gasteiger partial charge is 0.303 e. The van der Waals surface area contributed by atoms with E-state index in [1.165, 1.54) is 0 Å². The minimum absolute atomic E-state index is 0.178. The van der Waals surface area contributed by atoms with Gasteiger partial charge in [0.05, 0.1) is 17.4 Å². The van der Waals surface area contributed by atoms with Crippen LogP contribution in [0.15, 0.2) is 24.5 Å². The molecular formula is C13H17N3O2. The molecule has 1 aromatic carbocycles. The molecule has 0 amide bonds. The number of nitrogens with one attached hydrogen (secondary N) is 2. The first kappa shape index (κ1) is 12.6. The molecule has 2 rings (SSSR count). The van der Waals surface area contributed by atoms with Gasteiger partial charge in [0.15, 0.2) is 0 Å². The molecule has 0 bridgehead atoms. The molecule has 0 saturated heterocycles. The third-order valence-corrected chi connectivity index (χ3v) is 3.08. The van der Waals surface area contributed by atoms with Crippen LogP contribution in [0, 0.1) is 0 Å². The van der Waals surface area contributed by atoms with Gasteiger partial charge in [-0.1, -0.05) is 6.07 Å². The Balaban J connectivity index is 2.08. The van der Waals surface area contributed by atoms with Crippen molar-refractivity contribution in [2.75, 3.05) is 7.05 Å². The largest absolute Gasteiger partial charge is 0.481 e. The fourth-order valence-corrected chi connectivity index (χ4v) is 2.11. The molecule has 0 fully saturated rings. The standard InChI is InChI=1S/C13H17N3O2/c1-14-10(3-2-4-13(17)18)9-5-6-11-12(7-9)16-8-15-11/h5-8,10,14H,2-4H2,1H3,(H,15,16)(H,17,18). The van der Waals surface area contributed by atoms with Crippen molar-refractivity contribution in [1.29, 1.82) is 0 Å². The molecule has 5 nitrogen and oxygen atoms in total. The van der Waals surface area contributed by atoms with Crippen molar-refractivity contribution in [3.05, 3.63) is 30.1 Å². The van der Waals surface area contributed by atoms with E-state index in [2.05, 4.69) is 21.4 Å². The zero-order valence-electron chi connectivity index (χ0n) is 10.3. The summed E-state index contributed by atoms with van der Waals surface area (Å²) in [6, 6.07) is 6.25. The lowest BCUT2D eigenvalue weighted by Crippen LogP contribution is -2.16. The van der Waals surface area contributed by atoms with Crippen LogP contribution < -0.4 is 5.32 Å². The molecule has 0 saturated carbocycles. The first-order chi connectivity index (χ1) is 8.70. The maximum atomic E-state index is 10.5. The monoisotopic (exact) mass is 247 g/mol. The van der Waals surface area contributed by atoms with Crippen molar-refractivity contribution >= 4 is 17.0 Å². The number of carboxylic acids is 1. The number of carbonyl (C=O) groups is 1. The Bertz CT molecular complexity index is 536. The van der Waals surface area contributed by atoms with Crippen molar-refractivity contribution in [1.82, 2.24) is 15.3 Å². The molecule has 0 spiro atoms. The molecule has 3 N–H and O–H groups in total. The quantitative estimate of drug-likeness (QED) is 0.730. The van der Waals surface area contributed by atoms with Gasteiger partial charge >= 0.3 is 5.97 Å². The van der Waals surface area contributed by atoms with E-state index in [-0.39, 0.29) is 12.5 Å². The summed E-state index contributed by atoms with van der Waals surface area (Å²) in [5, 5.41) is 11.9. The van der Waals surface area contributed by atoms with Gasteiger partial charge in [-0.15, -0.1) is 0 Å². The van der Waals surface area contributed by atoms with Gasteiger partial charge in [-0.2, -0.15) is 0 Å². The highest BCUT2D eigenvalue weighted by Gasteiger charge is 2.11. The van der Waals surface area contributed by atoms with Crippen LogP contribution in [0.3, 0.4) is 0 Å². The normalized spacial score (nSPS) is 12.7. The number of carboxylic acid groups (broad SMARTS) is 1. The molecule has 0 aliphatic carbocycles. The second-order valence-corrected chi connectivity index (χ2v) is 4.31. The number of rotatable bonds is 6. The van der Waals surface area contributed by atoms with E-state index < -0.39 is 5.97 Å². The summed E-state index contributed by atoms with van der Waals surface area (Å²) in [7, 11) is 1.89. The second-order valence-electron chi connectivity index (χ2n) is 4.31. The van der Waals surface area contributed by atoms with Gasteiger partial charge in [-0.05, 0) is 37.6 Å². The van der Waals surface area contributed by atoms with Crippen LogP contribution in [0.1, 0.15) is 30.9 Å². The minimum atomic E-state index is -0.742. The SMILES string of the molecule is CNC(CCCC(=O)O)c1ccc2nc[nH]c2c1. The van der Waals surface area contributed by atoms with Crippen molar-refractivity contribution in [2.45, 2.75) is 25.3 Å². The van der Waals surface area contributed by atoms with Gasteiger partial charge in [0, 0.05) is 12.5 Å². The number of aromatic amines is 1. The molecule has 2 aromatic rings. The van der Waals surface area contributed by atoms with Gasteiger partial charge in [-0.25, -0.2) is 4.98 Å². The molecule has 0 aliphatic rings. The van der Waals surface area contributed by atoms with Crippen molar-refractivity contribution in [3.63, 3.8) is 0 Å². The summed E-state index contributed by atoms with van der Waals surface area (Å²) in [6.45, 7) is 0. The number of imidazole rings is 1. The number of hydrogen-bond acceptors (Lipinski definition) is 3. The van der Waals surface area contributed by atoms with Crippen LogP contribution >= 0.6 is 0 Å². The average molecular weight is 247 g/mol. The predicted octanol–water partition coefficient (Wildman–Crippen LogP) is 2.08. The van der Waals surface area contributed by atoms with Gasteiger partial charge in [0.1, 0.15) is 0 Å². The van der Waals surface area contributed by atoms with Gasteiger partial charge in [0.2, 0.25) is 0 Å². The number of H-pyrrole nitrogens is 1. The molecular weight excluding hydrogens is 230 g/mol. The molecule has 1 aromatic heterocycles. The van der Waals surface area contributed by atoms with E-state index in [1.54, 1.807) is 6.33 Å². The number of fused-ring (bicyclic) bond motifs is 1. The Labute approximate surface area is 105 Å². The first-order valence-electron chi connectivity index (χ1n) is 6.03. The number of aliphatic carboxylic acids is 1. The Morgan fingerprint density at radius 3 is 3.11 bits per heavy atom. The lowest BCUT2D eigenvalue weighted by Gasteiger charge is -2.16. The lowest BCUT2D eigenvalue weighted by molar-refractivity contribution is -0.137. The number of nitrogens with zero attached hydrogens (tertiary/aromatic N) is 1. The van der Waals surface area contributed by atoms with E-state index in [9.17, 15) is 4.79 Å².